The van der Waals surface area contributed by atoms with Crippen LogP contribution in [-0.4, -0.2) is 18.3 Å². The van der Waals surface area contributed by atoms with E-state index in [4.69, 9.17) is 15.0 Å². The molecule has 0 amide bonds. The predicted molar refractivity (Wildman–Crippen MR) is 78.8 cm³/mol. The van der Waals surface area contributed by atoms with Crippen LogP contribution in [0.2, 0.25) is 0 Å². The van der Waals surface area contributed by atoms with Gasteiger partial charge in [-0.25, -0.2) is 0 Å². The van der Waals surface area contributed by atoms with Crippen molar-refractivity contribution in [3.8, 4) is 0 Å². The predicted octanol–water partition coefficient (Wildman–Crippen LogP) is 2.88. The molecule has 19 heavy (non-hydrogen) atoms. The van der Waals surface area contributed by atoms with Crippen molar-refractivity contribution in [2.45, 2.75) is 58.2 Å². The third-order valence-electron chi connectivity index (χ3n) is 4.34. The van der Waals surface area contributed by atoms with Gasteiger partial charge in [0.1, 0.15) is 0 Å². The largest absolute Gasteiger partial charge is 0.480 e. The molecule has 0 saturated carbocycles. The van der Waals surface area contributed by atoms with Gasteiger partial charge in [-0.15, -0.1) is 0 Å². The summed E-state index contributed by atoms with van der Waals surface area (Å²) in [7, 11) is -0.391. The summed E-state index contributed by atoms with van der Waals surface area (Å²) in [6.07, 6.45) is 1.03. The molecule has 1 atom stereocenters. The minimum absolute atomic E-state index is 0.257. The van der Waals surface area contributed by atoms with Gasteiger partial charge in [0.05, 0.1) is 17.1 Å². The molecule has 0 bridgehead atoms. The third-order valence-corrected chi connectivity index (χ3v) is 4.34. The summed E-state index contributed by atoms with van der Waals surface area (Å²) >= 11 is 0. The maximum Gasteiger partial charge on any atom is 0.480 e. The van der Waals surface area contributed by atoms with Gasteiger partial charge in [0.15, 0.2) is 0 Å². The van der Waals surface area contributed by atoms with Crippen molar-refractivity contribution in [1.82, 2.24) is 0 Å². The maximum atomic E-state index is 6.28. The van der Waals surface area contributed by atoms with E-state index in [2.05, 4.69) is 31.2 Å². The highest BCUT2D eigenvalue weighted by Gasteiger charge is 2.53. The minimum atomic E-state index is -0.391. The fourth-order valence-electron chi connectivity index (χ4n) is 2.17. The second kappa shape index (κ2) is 4.93. The van der Waals surface area contributed by atoms with Gasteiger partial charge in [0, 0.05) is 0 Å². The Labute approximate surface area is 116 Å². The van der Waals surface area contributed by atoms with Crippen LogP contribution in [-0.2, 0) is 15.7 Å². The van der Waals surface area contributed by atoms with Gasteiger partial charge in [-0.1, -0.05) is 31.2 Å². The first kappa shape index (κ1) is 14.6. The summed E-state index contributed by atoms with van der Waals surface area (Å²) in [5.41, 5.74) is 7.98. The van der Waals surface area contributed by atoms with Crippen LogP contribution < -0.4 is 5.73 Å². The summed E-state index contributed by atoms with van der Waals surface area (Å²) in [6, 6.07) is 8.35. The van der Waals surface area contributed by atoms with Gasteiger partial charge in [-0.3, -0.25) is 0 Å². The Kier molecular flexibility index (Phi) is 3.78. The van der Waals surface area contributed by atoms with Crippen molar-refractivity contribution >= 4 is 7.12 Å². The van der Waals surface area contributed by atoms with E-state index in [1.54, 1.807) is 0 Å². The molecular formula is C15H24BNO2. The molecule has 1 aromatic rings. The van der Waals surface area contributed by atoms with E-state index >= 15 is 0 Å². The Bertz CT molecular complexity index is 426. The van der Waals surface area contributed by atoms with Crippen molar-refractivity contribution in [2.24, 2.45) is 5.73 Å². The van der Waals surface area contributed by atoms with Gasteiger partial charge in [0.25, 0.3) is 0 Å². The monoisotopic (exact) mass is 261 g/mol. The maximum absolute atomic E-state index is 6.28. The zero-order chi connectivity index (χ0) is 14.3. The highest BCUT2D eigenvalue weighted by molar-refractivity contribution is 6.47. The molecule has 1 aliphatic heterocycles. The Balaban J connectivity index is 2.14. The van der Waals surface area contributed by atoms with E-state index in [1.807, 2.05) is 27.7 Å². The van der Waals surface area contributed by atoms with Crippen molar-refractivity contribution in [3.63, 3.8) is 0 Å². The summed E-state index contributed by atoms with van der Waals surface area (Å²) in [4.78, 5) is 0. The fourth-order valence-corrected chi connectivity index (χ4v) is 2.17. The van der Waals surface area contributed by atoms with E-state index in [0.717, 1.165) is 12.0 Å². The minimum Gasteiger partial charge on any atom is -0.402 e. The number of hydrogen-bond acceptors (Lipinski definition) is 3. The second-order valence-corrected chi connectivity index (χ2v) is 6.25. The molecule has 1 aromatic carbocycles. The number of aryl methyl sites for hydroxylation is 1. The van der Waals surface area contributed by atoms with Crippen molar-refractivity contribution in [1.29, 1.82) is 0 Å². The highest BCUT2D eigenvalue weighted by Crippen LogP contribution is 2.39. The van der Waals surface area contributed by atoms with E-state index in [-0.39, 0.29) is 17.1 Å². The molecule has 0 radical (unpaired) electrons. The lowest BCUT2D eigenvalue weighted by Gasteiger charge is -2.32. The molecule has 0 aliphatic carbocycles. The molecular weight excluding hydrogens is 237 g/mol. The molecule has 0 aromatic heterocycles. The molecule has 1 fully saturated rings. The van der Waals surface area contributed by atoms with Crippen LogP contribution in [0, 0.1) is 0 Å². The molecule has 1 saturated heterocycles. The van der Waals surface area contributed by atoms with Crippen molar-refractivity contribution in [3.05, 3.63) is 35.4 Å². The van der Waals surface area contributed by atoms with Crippen LogP contribution in [0.3, 0.4) is 0 Å². The van der Waals surface area contributed by atoms with E-state index in [9.17, 15) is 0 Å². The first-order valence-electron chi connectivity index (χ1n) is 6.97. The Morgan fingerprint density at radius 2 is 1.53 bits per heavy atom. The quantitative estimate of drug-likeness (QED) is 0.851. The van der Waals surface area contributed by atoms with Crippen molar-refractivity contribution in [2.75, 3.05) is 0 Å². The molecule has 2 N–H and O–H groups in total. The van der Waals surface area contributed by atoms with Crippen LogP contribution >= 0.6 is 0 Å². The van der Waals surface area contributed by atoms with E-state index < -0.39 is 7.12 Å². The summed E-state index contributed by atoms with van der Waals surface area (Å²) in [6.45, 7) is 10.3. The molecule has 104 valence electrons. The average Bonchev–Trinajstić information content (AvgIpc) is 2.58. The molecule has 2 rings (SSSR count). The fraction of sp³-hybridized carbons (Fsp3) is 0.600. The number of benzene rings is 1. The van der Waals surface area contributed by atoms with Gasteiger partial charge in [-0.05, 0) is 45.2 Å². The Hall–Kier alpha value is -0.835. The standard InChI is InChI=1S/C15H24BNO2/c1-6-11-7-9-12(10-8-11)13(17)16-18-14(2,3)15(4,5)19-16/h7-10,13H,6,17H2,1-5H3/t13-/m1/s1. The zero-order valence-electron chi connectivity index (χ0n) is 12.6. The summed E-state index contributed by atoms with van der Waals surface area (Å²) in [5.74, 6) is -0.257. The molecule has 4 heteroatoms. The van der Waals surface area contributed by atoms with Gasteiger partial charge in [-0.2, -0.15) is 0 Å². The lowest BCUT2D eigenvalue weighted by atomic mass is 9.75. The zero-order valence-corrected chi connectivity index (χ0v) is 12.6. The van der Waals surface area contributed by atoms with Gasteiger partial charge >= 0.3 is 7.12 Å². The van der Waals surface area contributed by atoms with E-state index in [0.29, 0.717) is 0 Å². The lowest BCUT2D eigenvalue weighted by Crippen LogP contribution is -2.41. The summed E-state index contributed by atoms with van der Waals surface area (Å²) in [5, 5.41) is 0. The Morgan fingerprint density at radius 3 is 1.95 bits per heavy atom. The molecule has 1 heterocycles. The van der Waals surface area contributed by atoms with Gasteiger partial charge in [0.2, 0.25) is 0 Å². The third kappa shape index (κ3) is 2.71. The number of rotatable bonds is 3. The van der Waals surface area contributed by atoms with Crippen molar-refractivity contribution < 1.29 is 9.31 Å². The molecule has 3 nitrogen and oxygen atoms in total. The van der Waals surface area contributed by atoms with Crippen LogP contribution in [0.4, 0.5) is 0 Å². The number of nitrogens with two attached hydrogens (primary N) is 1. The number of hydrogen-bond donors (Lipinski definition) is 1. The van der Waals surface area contributed by atoms with Crippen LogP contribution in [0.25, 0.3) is 0 Å². The first-order valence-corrected chi connectivity index (χ1v) is 6.97. The molecule has 0 spiro atoms. The second-order valence-electron chi connectivity index (χ2n) is 6.25. The van der Waals surface area contributed by atoms with Crippen LogP contribution in [0.15, 0.2) is 24.3 Å². The van der Waals surface area contributed by atoms with Crippen LogP contribution in [0.5, 0.6) is 0 Å². The average molecular weight is 261 g/mol. The first-order chi connectivity index (χ1) is 8.77. The topological polar surface area (TPSA) is 44.5 Å². The van der Waals surface area contributed by atoms with Gasteiger partial charge < -0.3 is 15.0 Å². The summed E-state index contributed by atoms with van der Waals surface area (Å²) < 4.78 is 12.0. The van der Waals surface area contributed by atoms with E-state index in [1.165, 1.54) is 5.56 Å². The molecule has 0 unspecified atom stereocenters. The Morgan fingerprint density at radius 1 is 1.05 bits per heavy atom. The smallest absolute Gasteiger partial charge is 0.402 e. The van der Waals surface area contributed by atoms with Crippen LogP contribution in [0.1, 0.15) is 51.7 Å². The SMILES string of the molecule is CCc1ccc([C@@H](N)B2OC(C)(C)C(C)(C)O2)cc1. The highest BCUT2D eigenvalue weighted by atomic mass is 16.7. The molecule has 1 aliphatic rings. The normalized spacial score (nSPS) is 22.5. The lowest BCUT2D eigenvalue weighted by molar-refractivity contribution is 0.00578.